The normalized spacial score (nSPS) is 14.6. The van der Waals surface area contributed by atoms with Crippen molar-refractivity contribution in [2.75, 3.05) is 0 Å². The zero-order valence-electron chi connectivity index (χ0n) is 25.8. The van der Waals surface area contributed by atoms with E-state index < -0.39 is 8.07 Å². The van der Waals surface area contributed by atoms with Gasteiger partial charge in [0.05, 0.1) is 0 Å². The molecule has 5 rings (SSSR count). The standard InChI is InChI=1S/C40H48Si/c1-5-8-13-32-18-24-36(25-19-32)41(37-26-20-33(21-27-37)14-9-6-2,38-28-22-34(23-29-38)15-10-7-3)40-31(4)30-35-16-11-12-17-39(35)40/h11-12,16-30,40H,5-10,13-15H2,1-4H3. The Morgan fingerprint density at radius 2 is 0.902 bits per heavy atom. The number of aryl methyl sites for hydroxylation is 3. The Balaban J connectivity index is 1.75. The number of rotatable bonds is 13. The minimum atomic E-state index is -2.54. The first kappa shape index (κ1) is 29.3. The van der Waals surface area contributed by atoms with Crippen LogP contribution in [0.15, 0.2) is 103 Å². The molecule has 0 bridgehead atoms. The maximum absolute atomic E-state index is 2.54. The zero-order chi connectivity index (χ0) is 28.7. The van der Waals surface area contributed by atoms with E-state index in [0.717, 1.165) is 19.3 Å². The molecule has 1 heteroatoms. The lowest BCUT2D eigenvalue weighted by Gasteiger charge is -2.41. The van der Waals surface area contributed by atoms with E-state index in [1.54, 1.807) is 0 Å². The van der Waals surface area contributed by atoms with Gasteiger partial charge in [-0.25, -0.2) is 0 Å². The molecule has 0 heterocycles. The monoisotopic (exact) mass is 556 g/mol. The van der Waals surface area contributed by atoms with Gasteiger partial charge in [0.2, 0.25) is 0 Å². The summed E-state index contributed by atoms with van der Waals surface area (Å²) in [6.45, 7) is 9.24. The Hall–Kier alpha value is -3.16. The summed E-state index contributed by atoms with van der Waals surface area (Å²) >= 11 is 0. The fourth-order valence-electron chi connectivity index (χ4n) is 7.00. The molecule has 0 N–H and O–H groups in total. The molecule has 0 saturated carbocycles. The van der Waals surface area contributed by atoms with Crippen LogP contribution in [0.25, 0.3) is 6.08 Å². The van der Waals surface area contributed by atoms with Crippen molar-refractivity contribution < 1.29 is 0 Å². The minimum Gasteiger partial charge on any atom is -0.0669 e. The molecule has 1 aliphatic carbocycles. The molecule has 0 spiro atoms. The van der Waals surface area contributed by atoms with Crippen LogP contribution in [-0.2, 0) is 19.3 Å². The third kappa shape index (κ3) is 6.07. The van der Waals surface area contributed by atoms with E-state index in [9.17, 15) is 0 Å². The average molecular weight is 557 g/mol. The first-order valence-electron chi connectivity index (χ1n) is 16.2. The van der Waals surface area contributed by atoms with Crippen LogP contribution in [0.2, 0.25) is 0 Å². The van der Waals surface area contributed by atoms with Crippen LogP contribution in [0, 0.1) is 0 Å². The number of hydrogen-bond donors (Lipinski definition) is 0. The summed E-state index contributed by atoms with van der Waals surface area (Å²) in [5.74, 6) is 0. The molecule has 1 atom stereocenters. The average Bonchev–Trinajstić information content (AvgIpc) is 3.36. The number of benzene rings is 4. The SMILES string of the molecule is CCCCc1ccc([Si](c2ccc(CCCC)cc2)(c2ccc(CCCC)cc2)C2C(C)=Cc3ccccc32)cc1. The van der Waals surface area contributed by atoms with Crippen molar-refractivity contribution >= 4 is 29.7 Å². The summed E-state index contributed by atoms with van der Waals surface area (Å²) in [4.78, 5) is 0. The number of fused-ring (bicyclic) bond motifs is 1. The Morgan fingerprint density at radius 3 is 1.29 bits per heavy atom. The van der Waals surface area contributed by atoms with Gasteiger partial charge < -0.3 is 0 Å². The summed E-state index contributed by atoms with van der Waals surface area (Å²) in [7, 11) is -2.54. The van der Waals surface area contributed by atoms with Crippen molar-refractivity contribution in [3.63, 3.8) is 0 Å². The van der Waals surface area contributed by atoms with Crippen molar-refractivity contribution in [1.82, 2.24) is 0 Å². The van der Waals surface area contributed by atoms with E-state index in [0.29, 0.717) is 5.54 Å². The van der Waals surface area contributed by atoms with Crippen LogP contribution in [-0.4, -0.2) is 8.07 Å². The van der Waals surface area contributed by atoms with Crippen molar-refractivity contribution in [3.8, 4) is 0 Å². The molecule has 0 aliphatic heterocycles. The number of hydrogen-bond acceptors (Lipinski definition) is 0. The lowest BCUT2D eigenvalue weighted by Crippen LogP contribution is -2.71. The van der Waals surface area contributed by atoms with Gasteiger partial charge in [-0.15, -0.1) is 0 Å². The highest BCUT2D eigenvalue weighted by Crippen LogP contribution is 2.42. The highest BCUT2D eigenvalue weighted by Gasteiger charge is 2.49. The molecule has 0 nitrogen and oxygen atoms in total. The van der Waals surface area contributed by atoms with E-state index in [2.05, 4.69) is 131 Å². The maximum atomic E-state index is 2.50. The summed E-state index contributed by atoms with van der Waals surface area (Å²) in [5.41, 5.74) is 9.14. The zero-order valence-corrected chi connectivity index (χ0v) is 26.8. The molecule has 4 aromatic rings. The molecule has 212 valence electrons. The van der Waals surface area contributed by atoms with Crippen molar-refractivity contribution in [2.45, 2.75) is 91.0 Å². The maximum Gasteiger partial charge on any atom is 0.159 e. The quantitative estimate of drug-likeness (QED) is 0.114. The molecule has 0 aromatic heterocycles. The molecule has 41 heavy (non-hydrogen) atoms. The van der Waals surface area contributed by atoms with E-state index in [1.807, 2.05) is 0 Å². The third-order valence-electron chi connectivity index (χ3n) is 9.26. The summed E-state index contributed by atoms with van der Waals surface area (Å²) in [5, 5.41) is 4.57. The van der Waals surface area contributed by atoms with Crippen LogP contribution in [0.4, 0.5) is 0 Å². The van der Waals surface area contributed by atoms with Crippen LogP contribution >= 0.6 is 0 Å². The van der Waals surface area contributed by atoms with Crippen LogP contribution in [0.3, 0.4) is 0 Å². The highest BCUT2D eigenvalue weighted by atomic mass is 28.3. The van der Waals surface area contributed by atoms with E-state index in [-0.39, 0.29) is 0 Å². The topological polar surface area (TPSA) is 0 Å². The molecular weight excluding hydrogens is 509 g/mol. The second-order valence-corrected chi connectivity index (χ2v) is 16.1. The van der Waals surface area contributed by atoms with Crippen LogP contribution in [0.5, 0.6) is 0 Å². The Morgan fingerprint density at radius 1 is 0.512 bits per heavy atom. The predicted molar refractivity (Wildman–Crippen MR) is 183 cm³/mol. The molecule has 1 aliphatic rings. The summed E-state index contributed by atoms with van der Waals surface area (Å²) < 4.78 is 0. The van der Waals surface area contributed by atoms with Gasteiger partial charge in [0.15, 0.2) is 8.07 Å². The highest BCUT2D eigenvalue weighted by molar-refractivity contribution is 7.12. The lowest BCUT2D eigenvalue weighted by atomic mass is 10.1. The molecule has 0 radical (unpaired) electrons. The van der Waals surface area contributed by atoms with Gasteiger partial charge in [-0.05, 0) is 88.8 Å². The van der Waals surface area contributed by atoms with Gasteiger partial charge >= 0.3 is 0 Å². The van der Waals surface area contributed by atoms with Gasteiger partial charge in [0.1, 0.15) is 0 Å². The Labute approximate surface area is 250 Å². The third-order valence-corrected chi connectivity index (χ3v) is 14.6. The van der Waals surface area contributed by atoms with Crippen molar-refractivity contribution in [2.24, 2.45) is 0 Å². The molecule has 4 aromatic carbocycles. The van der Waals surface area contributed by atoms with E-state index in [1.165, 1.54) is 87.5 Å². The van der Waals surface area contributed by atoms with Crippen LogP contribution in [0.1, 0.15) is 99.6 Å². The van der Waals surface area contributed by atoms with Gasteiger partial charge in [0.25, 0.3) is 0 Å². The van der Waals surface area contributed by atoms with Crippen LogP contribution < -0.4 is 15.6 Å². The van der Waals surface area contributed by atoms with Crippen molar-refractivity contribution in [1.29, 1.82) is 0 Å². The Kier molecular flexibility index (Phi) is 9.78. The van der Waals surface area contributed by atoms with E-state index >= 15 is 0 Å². The molecular formula is C40H48Si. The largest absolute Gasteiger partial charge is 0.159 e. The molecule has 1 unspecified atom stereocenters. The first-order chi connectivity index (χ1) is 20.1. The van der Waals surface area contributed by atoms with Gasteiger partial charge in [-0.3, -0.25) is 0 Å². The van der Waals surface area contributed by atoms with Gasteiger partial charge in [-0.2, -0.15) is 0 Å². The second-order valence-electron chi connectivity index (χ2n) is 12.2. The predicted octanol–water partition coefficient (Wildman–Crippen LogP) is 8.92. The molecule has 0 amide bonds. The smallest absolute Gasteiger partial charge is 0.0669 e. The fraction of sp³-hybridized carbons (Fsp3) is 0.350. The Bertz CT molecular complexity index is 1300. The van der Waals surface area contributed by atoms with Gasteiger partial charge in [-0.1, -0.05) is 149 Å². The molecule has 0 saturated heterocycles. The fourth-order valence-corrected chi connectivity index (χ4v) is 12.6. The summed E-state index contributed by atoms with van der Waals surface area (Å²) in [6.07, 6.45) is 13.4. The van der Waals surface area contributed by atoms with Gasteiger partial charge in [0, 0.05) is 5.54 Å². The van der Waals surface area contributed by atoms with E-state index in [4.69, 9.17) is 0 Å². The molecule has 0 fully saturated rings. The van der Waals surface area contributed by atoms with Crippen molar-refractivity contribution in [3.05, 3.63) is 130 Å². The summed E-state index contributed by atoms with van der Waals surface area (Å²) in [6, 6.07) is 38.7. The second kappa shape index (κ2) is 13.7. The minimum absolute atomic E-state index is 0.364. The first-order valence-corrected chi connectivity index (χ1v) is 18.2. The number of allylic oxidation sites excluding steroid dienone is 1. The lowest BCUT2D eigenvalue weighted by molar-refractivity contribution is 0.795. The number of unbranched alkanes of at least 4 members (excludes halogenated alkanes) is 3.